The molecule has 3 aromatic rings. The van der Waals surface area contributed by atoms with Gasteiger partial charge in [-0.25, -0.2) is 14.3 Å². The molecule has 0 saturated carbocycles. The number of rotatable bonds is 7. The van der Waals surface area contributed by atoms with Crippen LogP contribution in [0.4, 0.5) is 5.00 Å². The van der Waals surface area contributed by atoms with E-state index in [1.807, 2.05) is 0 Å². The first-order valence-corrected chi connectivity index (χ1v) is 10.5. The van der Waals surface area contributed by atoms with Gasteiger partial charge >= 0.3 is 11.9 Å². The molecule has 0 atom stereocenters. The highest BCUT2D eigenvalue weighted by molar-refractivity contribution is 7.18. The van der Waals surface area contributed by atoms with Crippen LogP contribution in [0, 0.1) is 6.92 Å². The number of carbonyl (C=O) groups is 3. The van der Waals surface area contributed by atoms with Gasteiger partial charge in [0, 0.05) is 11.2 Å². The summed E-state index contributed by atoms with van der Waals surface area (Å²) in [6.45, 7) is 1.56. The first-order valence-electron chi connectivity index (χ1n) is 8.97. The second kappa shape index (κ2) is 10.0. The van der Waals surface area contributed by atoms with Gasteiger partial charge in [-0.15, -0.1) is 11.3 Å². The molecular formula is C20H17Cl2N3O6S. The summed E-state index contributed by atoms with van der Waals surface area (Å²) in [6.07, 6.45) is 1.54. The Morgan fingerprint density at radius 3 is 2.50 bits per heavy atom. The van der Waals surface area contributed by atoms with Gasteiger partial charge in [0.15, 0.2) is 12.4 Å². The van der Waals surface area contributed by atoms with E-state index in [0.29, 0.717) is 21.4 Å². The topological polar surface area (TPSA) is 109 Å². The molecule has 168 valence electrons. The van der Waals surface area contributed by atoms with Gasteiger partial charge in [-0.3, -0.25) is 4.79 Å². The molecule has 3 rings (SSSR count). The molecule has 0 unspecified atom stereocenters. The van der Waals surface area contributed by atoms with Crippen LogP contribution in [-0.4, -0.2) is 41.8 Å². The van der Waals surface area contributed by atoms with Gasteiger partial charge in [0.05, 0.1) is 24.8 Å². The van der Waals surface area contributed by atoms with E-state index in [1.165, 1.54) is 25.0 Å². The van der Waals surface area contributed by atoms with Crippen molar-refractivity contribution < 1.29 is 28.6 Å². The molecule has 0 spiro atoms. The number of aromatic nitrogens is 2. The Kier molecular flexibility index (Phi) is 7.39. The molecule has 0 saturated heterocycles. The van der Waals surface area contributed by atoms with Crippen molar-refractivity contribution in [2.45, 2.75) is 13.7 Å². The molecule has 2 aromatic heterocycles. The molecule has 32 heavy (non-hydrogen) atoms. The summed E-state index contributed by atoms with van der Waals surface area (Å²) in [5.41, 5.74) is 0.492. The number of anilines is 1. The van der Waals surface area contributed by atoms with Gasteiger partial charge in [0.2, 0.25) is 0 Å². The average molecular weight is 498 g/mol. The zero-order chi connectivity index (χ0) is 23.4. The maximum absolute atomic E-state index is 12.7. The van der Waals surface area contributed by atoms with Crippen molar-refractivity contribution in [3.05, 3.63) is 62.2 Å². The van der Waals surface area contributed by atoms with E-state index in [-0.39, 0.29) is 27.9 Å². The number of carbonyl (C=O) groups excluding carboxylic acids is 3. The fourth-order valence-electron chi connectivity index (χ4n) is 2.69. The highest BCUT2D eigenvalue weighted by atomic mass is 35.5. The summed E-state index contributed by atoms with van der Waals surface area (Å²) in [4.78, 5) is 37.0. The van der Waals surface area contributed by atoms with Gasteiger partial charge < -0.3 is 19.5 Å². The lowest BCUT2D eigenvalue weighted by atomic mass is 10.1. The third kappa shape index (κ3) is 5.04. The van der Waals surface area contributed by atoms with Gasteiger partial charge in [-0.1, -0.05) is 23.2 Å². The molecule has 0 aliphatic carbocycles. The van der Waals surface area contributed by atoms with Crippen molar-refractivity contribution in [3.63, 3.8) is 0 Å². The number of methoxy groups -OCH3 is 2. The van der Waals surface area contributed by atoms with Crippen LogP contribution in [0.2, 0.25) is 10.0 Å². The predicted molar refractivity (Wildman–Crippen MR) is 119 cm³/mol. The Morgan fingerprint density at radius 1 is 1.12 bits per heavy atom. The van der Waals surface area contributed by atoms with E-state index in [4.69, 9.17) is 37.4 Å². The highest BCUT2D eigenvalue weighted by Crippen LogP contribution is 2.34. The number of benzene rings is 1. The third-order valence-electron chi connectivity index (χ3n) is 4.25. The molecule has 1 N–H and O–H groups in total. The van der Waals surface area contributed by atoms with Crippen LogP contribution in [0.15, 0.2) is 30.5 Å². The van der Waals surface area contributed by atoms with Crippen molar-refractivity contribution in [3.8, 4) is 5.75 Å². The first kappa shape index (κ1) is 23.6. The number of nitrogens with zero attached hydrogens (tertiary/aromatic N) is 2. The maximum atomic E-state index is 12.7. The summed E-state index contributed by atoms with van der Waals surface area (Å²) in [5.74, 6) is -1.50. The van der Waals surface area contributed by atoms with Crippen LogP contribution in [-0.2, 0) is 16.2 Å². The quantitative estimate of drug-likeness (QED) is 0.481. The summed E-state index contributed by atoms with van der Waals surface area (Å²) in [6, 6.07) is 6.27. The number of ether oxygens (including phenoxy) is 3. The number of amides is 1. The molecule has 0 fully saturated rings. The fourth-order valence-corrected chi connectivity index (χ4v) is 4.26. The second-order valence-corrected chi connectivity index (χ2v) is 8.15. The monoisotopic (exact) mass is 497 g/mol. The normalized spacial score (nSPS) is 10.5. The van der Waals surface area contributed by atoms with Crippen molar-refractivity contribution >= 4 is 57.4 Å². The van der Waals surface area contributed by atoms with E-state index >= 15 is 0 Å². The largest absolute Gasteiger partial charge is 0.470 e. The van der Waals surface area contributed by atoms with Crippen LogP contribution < -0.4 is 10.1 Å². The molecular weight excluding hydrogens is 481 g/mol. The molecule has 0 aliphatic heterocycles. The fraction of sp³-hybridized carbons (Fsp3) is 0.200. The maximum Gasteiger partial charge on any atom is 0.348 e. The number of esters is 2. The van der Waals surface area contributed by atoms with E-state index in [2.05, 4.69) is 10.4 Å². The number of nitrogens with one attached hydrogen (secondary N) is 1. The lowest BCUT2D eigenvalue weighted by Crippen LogP contribution is -2.16. The summed E-state index contributed by atoms with van der Waals surface area (Å²) in [5, 5.41) is 7.72. The van der Waals surface area contributed by atoms with E-state index in [9.17, 15) is 14.4 Å². The van der Waals surface area contributed by atoms with Crippen molar-refractivity contribution in [2.75, 3.05) is 19.5 Å². The summed E-state index contributed by atoms with van der Waals surface area (Å²) >= 11 is 12.8. The molecule has 9 nitrogen and oxygen atoms in total. The minimum absolute atomic E-state index is 0.00730. The van der Waals surface area contributed by atoms with Gasteiger partial charge in [0.1, 0.15) is 15.6 Å². The van der Waals surface area contributed by atoms with Crippen molar-refractivity contribution in [1.29, 1.82) is 0 Å². The molecule has 0 bridgehead atoms. The second-order valence-electron chi connectivity index (χ2n) is 6.29. The zero-order valence-electron chi connectivity index (χ0n) is 17.1. The molecule has 12 heteroatoms. The standard InChI is InChI=1S/C20H17Cl2N3O6S/c1-10-15(19(27)29-2)18(32-16(10)20(28)30-3)23-17(26)13-6-7-25(24-13)9-31-14-5-4-11(21)8-12(14)22/h4-8H,9H2,1-3H3,(H,23,26). The minimum Gasteiger partial charge on any atom is -0.470 e. The number of thiophene rings is 1. The van der Waals surface area contributed by atoms with Gasteiger partial charge in [-0.2, -0.15) is 5.10 Å². The lowest BCUT2D eigenvalue weighted by molar-refractivity contribution is 0.0601. The Labute approximate surface area is 196 Å². The van der Waals surface area contributed by atoms with Crippen molar-refractivity contribution in [1.82, 2.24) is 9.78 Å². The summed E-state index contributed by atoms with van der Waals surface area (Å²) < 4.78 is 16.5. The highest BCUT2D eigenvalue weighted by Gasteiger charge is 2.27. The third-order valence-corrected chi connectivity index (χ3v) is 5.97. The van der Waals surface area contributed by atoms with Gasteiger partial charge in [0.25, 0.3) is 5.91 Å². The molecule has 0 aliphatic rings. The summed E-state index contributed by atoms with van der Waals surface area (Å²) in [7, 11) is 2.43. The van der Waals surface area contributed by atoms with E-state index in [0.717, 1.165) is 11.3 Å². The Bertz CT molecular complexity index is 1190. The van der Waals surface area contributed by atoms with Crippen LogP contribution in [0.3, 0.4) is 0 Å². The minimum atomic E-state index is -0.692. The SMILES string of the molecule is COC(=O)c1sc(NC(=O)c2ccn(COc3ccc(Cl)cc3Cl)n2)c(C(=O)OC)c1C. The van der Waals surface area contributed by atoms with Crippen LogP contribution >= 0.6 is 34.5 Å². The zero-order valence-corrected chi connectivity index (χ0v) is 19.4. The Morgan fingerprint density at radius 2 is 1.84 bits per heavy atom. The number of hydrogen-bond donors (Lipinski definition) is 1. The van der Waals surface area contributed by atoms with E-state index < -0.39 is 17.8 Å². The van der Waals surface area contributed by atoms with E-state index in [1.54, 1.807) is 31.3 Å². The smallest absolute Gasteiger partial charge is 0.348 e. The Hall–Kier alpha value is -3.08. The number of halogens is 2. The van der Waals surface area contributed by atoms with Crippen molar-refractivity contribution in [2.24, 2.45) is 0 Å². The van der Waals surface area contributed by atoms with Crippen LogP contribution in [0.1, 0.15) is 36.1 Å². The molecule has 0 radical (unpaired) electrons. The predicted octanol–water partition coefficient (Wildman–Crippen LogP) is 4.42. The molecule has 1 aromatic carbocycles. The molecule has 2 heterocycles. The molecule has 1 amide bonds. The van der Waals surface area contributed by atoms with Gasteiger partial charge in [-0.05, 0) is 36.8 Å². The lowest BCUT2D eigenvalue weighted by Gasteiger charge is -2.08. The first-order chi connectivity index (χ1) is 15.2. The van der Waals surface area contributed by atoms with Crippen LogP contribution in [0.25, 0.3) is 0 Å². The number of hydrogen-bond acceptors (Lipinski definition) is 8. The average Bonchev–Trinajstić information content (AvgIpc) is 3.37. The van der Waals surface area contributed by atoms with Crippen LogP contribution in [0.5, 0.6) is 5.75 Å². The Balaban J connectivity index is 1.76.